The minimum Gasteiger partial charge on any atom is -0.381 e. The number of sulfone groups is 1. The summed E-state index contributed by atoms with van der Waals surface area (Å²) in [7, 11) is -2.62. The second-order valence-electron chi connectivity index (χ2n) is 12.7. The molecule has 1 amide bonds. The number of aryl methyl sites for hydroxylation is 1. The molecule has 0 radical (unpaired) electrons. The molecule has 2 atom stereocenters. The summed E-state index contributed by atoms with van der Waals surface area (Å²) in [5.41, 5.74) is -1.22. The summed E-state index contributed by atoms with van der Waals surface area (Å²) in [4.78, 5) is 18.4. The highest BCUT2D eigenvalue weighted by Crippen LogP contribution is 2.42. The molecule has 0 bridgehead atoms. The Morgan fingerprint density at radius 1 is 1.13 bits per heavy atom. The van der Waals surface area contributed by atoms with E-state index in [1.807, 2.05) is 11.9 Å². The van der Waals surface area contributed by atoms with E-state index in [0.29, 0.717) is 82.3 Å². The van der Waals surface area contributed by atoms with Crippen molar-refractivity contribution in [1.82, 2.24) is 20.0 Å². The minimum absolute atomic E-state index is 0.0466. The van der Waals surface area contributed by atoms with Gasteiger partial charge < -0.3 is 24.8 Å². The van der Waals surface area contributed by atoms with E-state index in [2.05, 4.69) is 21.4 Å². The van der Waals surface area contributed by atoms with Crippen molar-refractivity contribution in [3.63, 3.8) is 0 Å². The smallest absolute Gasteiger partial charge is 0.381 e. The van der Waals surface area contributed by atoms with Gasteiger partial charge in [0.05, 0.1) is 33.5 Å². The quantitative estimate of drug-likeness (QED) is 0.482. The molecule has 2 aromatic rings. The van der Waals surface area contributed by atoms with Crippen molar-refractivity contribution in [1.29, 1.82) is 5.26 Å². The zero-order valence-corrected chi connectivity index (χ0v) is 26.2. The van der Waals surface area contributed by atoms with Crippen molar-refractivity contribution in [2.75, 3.05) is 62.8 Å². The first-order valence-corrected chi connectivity index (χ1v) is 16.9. The van der Waals surface area contributed by atoms with Crippen molar-refractivity contribution >= 4 is 27.2 Å². The number of halogens is 3. The summed E-state index contributed by atoms with van der Waals surface area (Å²) in [5.74, 6) is 0.00565. The molecule has 45 heavy (non-hydrogen) atoms. The maximum Gasteiger partial charge on any atom is 0.417 e. The Labute approximate surface area is 260 Å². The van der Waals surface area contributed by atoms with Crippen LogP contribution in [0.25, 0.3) is 0 Å². The molecule has 244 valence electrons. The molecule has 3 aliphatic heterocycles. The predicted molar refractivity (Wildman–Crippen MR) is 160 cm³/mol. The van der Waals surface area contributed by atoms with Gasteiger partial charge in [-0.05, 0) is 64.3 Å². The monoisotopic (exact) mass is 649 g/mol. The van der Waals surface area contributed by atoms with Crippen LogP contribution in [0.15, 0.2) is 29.2 Å². The van der Waals surface area contributed by atoms with Crippen molar-refractivity contribution < 1.29 is 31.1 Å². The summed E-state index contributed by atoms with van der Waals surface area (Å²) in [6, 6.07) is 6.26. The Morgan fingerprint density at radius 3 is 2.44 bits per heavy atom. The fraction of sp³-hybridized carbons (Fsp3) is 0.633. The number of anilines is 2. The first-order chi connectivity index (χ1) is 21.3. The van der Waals surface area contributed by atoms with Gasteiger partial charge in [0.1, 0.15) is 17.4 Å². The molecule has 1 saturated carbocycles. The molecule has 1 aliphatic carbocycles. The number of rotatable bonds is 7. The van der Waals surface area contributed by atoms with E-state index in [-0.39, 0.29) is 19.0 Å². The van der Waals surface area contributed by atoms with E-state index in [9.17, 15) is 31.6 Å². The normalized spacial score (nSPS) is 24.4. The largest absolute Gasteiger partial charge is 0.417 e. The minimum atomic E-state index is -4.91. The number of aromatic nitrogens is 2. The molecule has 1 aromatic carbocycles. The second kappa shape index (κ2) is 11.8. The first kappa shape index (κ1) is 31.6. The van der Waals surface area contributed by atoms with E-state index in [4.69, 9.17) is 4.74 Å². The van der Waals surface area contributed by atoms with Gasteiger partial charge in [0, 0.05) is 57.7 Å². The van der Waals surface area contributed by atoms with E-state index >= 15 is 0 Å². The average molecular weight is 650 g/mol. The highest BCUT2D eigenvalue weighted by atomic mass is 32.2. The van der Waals surface area contributed by atoms with Gasteiger partial charge in [0.25, 0.3) is 0 Å². The van der Waals surface area contributed by atoms with Crippen LogP contribution in [0.3, 0.4) is 0 Å². The third kappa shape index (κ3) is 6.24. The number of hydrogen-bond donors (Lipinski definition) is 1. The van der Waals surface area contributed by atoms with Gasteiger partial charge in [-0.15, -0.1) is 0 Å². The topological polar surface area (TPSA) is 124 Å². The van der Waals surface area contributed by atoms with E-state index in [0.717, 1.165) is 12.1 Å². The number of piperazine rings is 1. The van der Waals surface area contributed by atoms with Crippen LogP contribution in [-0.2, 0) is 25.5 Å². The van der Waals surface area contributed by atoms with E-state index in [1.165, 1.54) is 6.07 Å². The summed E-state index contributed by atoms with van der Waals surface area (Å²) in [6.45, 7) is 5.06. The lowest BCUT2D eigenvalue weighted by molar-refractivity contribution is -0.139. The standard InChI is InChI=1S/C30H38F3N7O4S/c1-20-15-27(40(36-20)21-5-13-44-14-6-21)39-18-23(17-25(39)28(41)35-29(19-34)7-8-29)45(42,43)26-4-3-22(16-24(26)30(31,32)33)38-11-9-37(2)10-12-38/h3-4,15-16,21,23,25H,5-14,17-18H2,1-2H3,(H,35,41). The van der Waals surface area contributed by atoms with Crippen LogP contribution in [0.2, 0.25) is 0 Å². The molecule has 4 aliphatic rings. The van der Waals surface area contributed by atoms with Crippen LogP contribution in [0.1, 0.15) is 49.4 Å². The number of amides is 1. The number of benzene rings is 1. The molecular formula is C30H38F3N7O4S. The SMILES string of the molecule is Cc1cc(N2CC(S(=O)(=O)c3ccc(N4CCN(C)CC4)cc3C(F)(F)F)CC2C(=O)NC2(C#N)CC2)n(C2CCOCC2)n1. The van der Waals surface area contributed by atoms with Gasteiger partial charge in [0.15, 0.2) is 9.84 Å². The number of hydrogen-bond acceptors (Lipinski definition) is 9. The molecule has 1 aromatic heterocycles. The van der Waals surface area contributed by atoms with Crippen LogP contribution in [0.5, 0.6) is 0 Å². The number of carbonyl (C=O) groups excluding carboxylic acids is 1. The molecule has 1 N–H and O–H groups in total. The Bertz CT molecular complexity index is 1590. The number of ether oxygens (including phenoxy) is 1. The molecule has 4 fully saturated rings. The van der Waals surface area contributed by atoms with Gasteiger partial charge in [-0.1, -0.05) is 0 Å². The Kier molecular flexibility index (Phi) is 8.28. The fourth-order valence-corrected chi connectivity index (χ4v) is 8.47. The maximum absolute atomic E-state index is 14.5. The van der Waals surface area contributed by atoms with Crippen LogP contribution in [0.4, 0.5) is 24.7 Å². The Hall–Kier alpha value is -3.35. The first-order valence-electron chi connectivity index (χ1n) is 15.3. The van der Waals surface area contributed by atoms with E-state index < -0.39 is 49.2 Å². The van der Waals surface area contributed by atoms with Crippen molar-refractivity contribution in [2.45, 2.75) is 73.0 Å². The van der Waals surface area contributed by atoms with Crippen LogP contribution in [-0.4, -0.2) is 98.8 Å². The zero-order valence-electron chi connectivity index (χ0n) is 25.4. The zero-order chi connectivity index (χ0) is 32.1. The summed E-state index contributed by atoms with van der Waals surface area (Å²) in [5, 5.41) is 15.7. The number of nitriles is 1. The Morgan fingerprint density at radius 2 is 1.82 bits per heavy atom. The lowest BCUT2D eigenvalue weighted by atomic mass is 10.1. The summed E-state index contributed by atoms with van der Waals surface area (Å²) >= 11 is 0. The van der Waals surface area contributed by atoms with Gasteiger partial charge in [-0.3, -0.25) is 4.79 Å². The van der Waals surface area contributed by atoms with Crippen LogP contribution in [0, 0.1) is 18.3 Å². The van der Waals surface area contributed by atoms with Crippen LogP contribution >= 0.6 is 0 Å². The molecule has 6 rings (SSSR count). The number of alkyl halides is 3. The summed E-state index contributed by atoms with van der Waals surface area (Å²) < 4.78 is 79.1. The number of carbonyl (C=O) groups is 1. The van der Waals surface area contributed by atoms with Crippen LogP contribution < -0.4 is 15.1 Å². The molecule has 15 heteroatoms. The van der Waals surface area contributed by atoms with Crippen molar-refractivity contribution in [3.05, 3.63) is 35.5 Å². The number of nitrogens with zero attached hydrogens (tertiary/aromatic N) is 6. The van der Waals surface area contributed by atoms with Crippen molar-refractivity contribution in [3.8, 4) is 6.07 Å². The lowest BCUT2D eigenvalue weighted by Gasteiger charge is -2.34. The molecule has 0 spiro atoms. The fourth-order valence-electron chi connectivity index (χ4n) is 6.58. The van der Waals surface area contributed by atoms with Crippen molar-refractivity contribution in [2.24, 2.45) is 0 Å². The van der Waals surface area contributed by atoms with Gasteiger partial charge in [0.2, 0.25) is 5.91 Å². The second-order valence-corrected chi connectivity index (χ2v) is 14.9. The lowest BCUT2D eigenvalue weighted by Crippen LogP contribution is -2.48. The molecule has 4 heterocycles. The summed E-state index contributed by atoms with van der Waals surface area (Å²) in [6.07, 6.45) is -2.83. The molecule has 2 unspecified atom stereocenters. The Balaban J connectivity index is 1.36. The molecule has 3 saturated heterocycles. The molecule has 11 nitrogen and oxygen atoms in total. The highest BCUT2D eigenvalue weighted by molar-refractivity contribution is 7.92. The predicted octanol–water partition coefficient (Wildman–Crippen LogP) is 2.91. The third-order valence-corrected chi connectivity index (χ3v) is 11.6. The van der Waals surface area contributed by atoms with Gasteiger partial charge in [-0.2, -0.15) is 23.5 Å². The van der Waals surface area contributed by atoms with E-state index in [1.54, 1.807) is 22.6 Å². The van der Waals surface area contributed by atoms with Gasteiger partial charge in [-0.25, -0.2) is 13.1 Å². The third-order valence-electron chi connectivity index (χ3n) is 9.44. The van der Waals surface area contributed by atoms with Gasteiger partial charge >= 0.3 is 6.18 Å². The molecular weight excluding hydrogens is 611 g/mol. The number of likely N-dealkylation sites (N-methyl/N-ethyl adjacent to an activating group) is 1. The maximum atomic E-state index is 14.5. The highest BCUT2D eigenvalue weighted by Gasteiger charge is 2.51. The average Bonchev–Trinajstić information content (AvgIpc) is 3.45. The number of nitrogens with one attached hydrogen (secondary N) is 1.